The van der Waals surface area contributed by atoms with Crippen LogP contribution >= 0.6 is 0 Å². The molecule has 0 spiro atoms. The number of nitrogens with one attached hydrogen (secondary N) is 2. The predicted molar refractivity (Wildman–Crippen MR) is 107 cm³/mol. The highest BCUT2D eigenvalue weighted by Crippen LogP contribution is 2.23. The third-order valence-electron chi connectivity index (χ3n) is 4.51. The van der Waals surface area contributed by atoms with E-state index in [1.54, 1.807) is 12.4 Å². The average Bonchev–Trinajstić information content (AvgIpc) is 2.61. The fourth-order valence-electron chi connectivity index (χ4n) is 2.82. The molecule has 2 aromatic carbocycles. The molecule has 3 rings (SSSR count). The molecule has 1 aromatic heterocycles. The molecule has 0 saturated heterocycles. The van der Waals surface area contributed by atoms with E-state index in [4.69, 9.17) is 0 Å². The maximum absolute atomic E-state index is 12.6. The monoisotopic (exact) mass is 345 g/mol. The van der Waals surface area contributed by atoms with Crippen molar-refractivity contribution in [1.29, 1.82) is 0 Å². The van der Waals surface area contributed by atoms with Crippen LogP contribution in [-0.4, -0.2) is 10.9 Å². The molecule has 0 saturated carbocycles. The number of hydrogen-bond donors (Lipinski definition) is 2. The van der Waals surface area contributed by atoms with Gasteiger partial charge in [0.15, 0.2) is 0 Å². The summed E-state index contributed by atoms with van der Waals surface area (Å²) in [5, 5.41) is 6.31. The summed E-state index contributed by atoms with van der Waals surface area (Å²) in [6.07, 6.45) is 3.29. The van der Waals surface area contributed by atoms with Gasteiger partial charge in [-0.1, -0.05) is 29.8 Å². The Morgan fingerprint density at radius 3 is 2.46 bits per heavy atom. The van der Waals surface area contributed by atoms with E-state index in [2.05, 4.69) is 41.6 Å². The zero-order chi connectivity index (χ0) is 18.7. The van der Waals surface area contributed by atoms with Gasteiger partial charge in [-0.05, 0) is 62.6 Å². The summed E-state index contributed by atoms with van der Waals surface area (Å²) in [5.74, 6) is -0.171. The van der Waals surface area contributed by atoms with Crippen molar-refractivity contribution in [3.8, 4) is 0 Å². The Hall–Kier alpha value is -3.14. The second-order valence-corrected chi connectivity index (χ2v) is 6.61. The van der Waals surface area contributed by atoms with Gasteiger partial charge in [-0.15, -0.1) is 0 Å². The van der Waals surface area contributed by atoms with E-state index in [0.29, 0.717) is 5.56 Å². The first-order chi connectivity index (χ1) is 12.4. The number of aryl methyl sites for hydroxylation is 3. The van der Waals surface area contributed by atoms with Crippen LogP contribution in [0.2, 0.25) is 0 Å². The van der Waals surface area contributed by atoms with Crippen LogP contribution in [0.3, 0.4) is 0 Å². The van der Waals surface area contributed by atoms with Crippen LogP contribution in [0.15, 0.2) is 54.9 Å². The number of rotatable bonds is 4. The lowest BCUT2D eigenvalue weighted by molar-refractivity contribution is 0.102. The maximum Gasteiger partial charge on any atom is 0.257 e. The number of benzene rings is 2. The normalized spacial score (nSPS) is 10.5. The van der Waals surface area contributed by atoms with Crippen molar-refractivity contribution in [3.05, 3.63) is 82.7 Å². The summed E-state index contributed by atoms with van der Waals surface area (Å²) in [6, 6.07) is 13.9. The van der Waals surface area contributed by atoms with E-state index >= 15 is 0 Å². The Balaban J connectivity index is 1.80. The number of carbonyl (C=O) groups excluding carboxylic acids is 1. The lowest BCUT2D eigenvalue weighted by Gasteiger charge is -2.12. The van der Waals surface area contributed by atoms with E-state index in [1.807, 2.05) is 44.2 Å². The highest BCUT2D eigenvalue weighted by molar-refractivity contribution is 6.05. The summed E-state index contributed by atoms with van der Waals surface area (Å²) < 4.78 is 0. The number of aromatic nitrogens is 1. The Bertz CT molecular complexity index is 963. The Kier molecular flexibility index (Phi) is 5.03. The quantitative estimate of drug-likeness (QED) is 0.673. The van der Waals surface area contributed by atoms with Gasteiger partial charge in [-0.2, -0.15) is 0 Å². The fourth-order valence-corrected chi connectivity index (χ4v) is 2.82. The van der Waals surface area contributed by atoms with Crippen molar-refractivity contribution < 1.29 is 4.79 Å². The standard InChI is InChI=1S/C22H23N3O/c1-14-8-9-20(16(3)10-14)24-19-11-18(12-23-13-19)22(26)25-21-7-5-6-15(2)17(21)4/h5-13,24H,1-4H3,(H,25,26). The molecule has 2 N–H and O–H groups in total. The number of amides is 1. The fraction of sp³-hybridized carbons (Fsp3) is 0.182. The molecule has 1 amide bonds. The van der Waals surface area contributed by atoms with Crippen LogP contribution in [0, 0.1) is 27.7 Å². The number of anilines is 3. The van der Waals surface area contributed by atoms with Gasteiger partial charge in [0.25, 0.3) is 5.91 Å². The van der Waals surface area contributed by atoms with E-state index in [1.165, 1.54) is 5.56 Å². The first kappa shape index (κ1) is 17.7. The predicted octanol–water partition coefficient (Wildman–Crippen LogP) is 5.31. The van der Waals surface area contributed by atoms with E-state index in [9.17, 15) is 4.79 Å². The van der Waals surface area contributed by atoms with Gasteiger partial charge in [0.1, 0.15) is 0 Å². The molecule has 132 valence electrons. The molecule has 3 aromatic rings. The van der Waals surface area contributed by atoms with Gasteiger partial charge >= 0.3 is 0 Å². The largest absolute Gasteiger partial charge is 0.354 e. The number of hydrogen-bond acceptors (Lipinski definition) is 3. The van der Waals surface area contributed by atoms with Crippen LogP contribution in [0.25, 0.3) is 0 Å². The van der Waals surface area contributed by atoms with Crippen molar-refractivity contribution in [1.82, 2.24) is 4.98 Å². The molecule has 0 aliphatic carbocycles. The van der Waals surface area contributed by atoms with Crippen molar-refractivity contribution in [2.75, 3.05) is 10.6 Å². The molecule has 26 heavy (non-hydrogen) atoms. The molecule has 1 heterocycles. The molecular weight excluding hydrogens is 322 g/mol. The molecule has 0 aliphatic rings. The highest BCUT2D eigenvalue weighted by Gasteiger charge is 2.10. The summed E-state index contributed by atoms with van der Waals surface area (Å²) >= 11 is 0. The van der Waals surface area contributed by atoms with Gasteiger partial charge in [0, 0.05) is 17.6 Å². The summed E-state index contributed by atoms with van der Waals surface area (Å²) in [4.78, 5) is 16.8. The minimum absolute atomic E-state index is 0.171. The SMILES string of the molecule is Cc1ccc(Nc2cncc(C(=O)Nc3cccc(C)c3C)c2)c(C)c1. The number of pyridine rings is 1. The second kappa shape index (κ2) is 7.40. The third kappa shape index (κ3) is 3.91. The van der Waals surface area contributed by atoms with Gasteiger partial charge in [-0.25, -0.2) is 0 Å². The molecule has 4 nitrogen and oxygen atoms in total. The number of nitrogens with zero attached hydrogens (tertiary/aromatic N) is 1. The lowest BCUT2D eigenvalue weighted by atomic mass is 10.1. The molecule has 0 bridgehead atoms. The Morgan fingerprint density at radius 1 is 0.885 bits per heavy atom. The average molecular weight is 345 g/mol. The van der Waals surface area contributed by atoms with Gasteiger partial charge in [0.05, 0.1) is 17.4 Å². The van der Waals surface area contributed by atoms with Crippen molar-refractivity contribution >= 4 is 23.0 Å². The van der Waals surface area contributed by atoms with Crippen LogP contribution in [0.1, 0.15) is 32.6 Å². The molecule has 0 fully saturated rings. The second-order valence-electron chi connectivity index (χ2n) is 6.61. The molecular formula is C22H23N3O. The van der Waals surface area contributed by atoms with Crippen molar-refractivity contribution in [3.63, 3.8) is 0 Å². The highest BCUT2D eigenvalue weighted by atomic mass is 16.1. The van der Waals surface area contributed by atoms with E-state index < -0.39 is 0 Å². The minimum atomic E-state index is -0.171. The topological polar surface area (TPSA) is 54.0 Å². The van der Waals surface area contributed by atoms with Crippen LogP contribution in [0.5, 0.6) is 0 Å². The first-order valence-corrected chi connectivity index (χ1v) is 8.61. The molecule has 0 atom stereocenters. The molecule has 0 unspecified atom stereocenters. The van der Waals surface area contributed by atoms with Gasteiger partial charge in [-0.3, -0.25) is 9.78 Å². The summed E-state index contributed by atoms with van der Waals surface area (Å²) in [7, 11) is 0. The Morgan fingerprint density at radius 2 is 1.69 bits per heavy atom. The zero-order valence-corrected chi connectivity index (χ0v) is 15.6. The van der Waals surface area contributed by atoms with Crippen LogP contribution < -0.4 is 10.6 Å². The van der Waals surface area contributed by atoms with Crippen molar-refractivity contribution in [2.24, 2.45) is 0 Å². The maximum atomic E-state index is 12.6. The van der Waals surface area contributed by atoms with Crippen molar-refractivity contribution in [2.45, 2.75) is 27.7 Å². The molecule has 0 aliphatic heterocycles. The number of carbonyl (C=O) groups is 1. The molecule has 0 radical (unpaired) electrons. The van der Waals surface area contributed by atoms with Gasteiger partial charge in [0.2, 0.25) is 0 Å². The minimum Gasteiger partial charge on any atom is -0.354 e. The van der Waals surface area contributed by atoms with E-state index in [0.717, 1.165) is 33.8 Å². The van der Waals surface area contributed by atoms with Gasteiger partial charge < -0.3 is 10.6 Å². The Labute approximate surface area is 154 Å². The summed E-state index contributed by atoms with van der Waals surface area (Å²) in [5.41, 5.74) is 7.70. The zero-order valence-electron chi connectivity index (χ0n) is 15.6. The van der Waals surface area contributed by atoms with Crippen LogP contribution in [0.4, 0.5) is 17.1 Å². The molecule has 4 heteroatoms. The smallest absolute Gasteiger partial charge is 0.257 e. The third-order valence-corrected chi connectivity index (χ3v) is 4.51. The lowest BCUT2D eigenvalue weighted by Crippen LogP contribution is -2.13. The first-order valence-electron chi connectivity index (χ1n) is 8.61. The van der Waals surface area contributed by atoms with Crippen LogP contribution in [-0.2, 0) is 0 Å². The summed E-state index contributed by atoms with van der Waals surface area (Å²) in [6.45, 7) is 8.15. The van der Waals surface area contributed by atoms with E-state index in [-0.39, 0.29) is 5.91 Å².